The van der Waals surface area contributed by atoms with Crippen LogP contribution in [0.5, 0.6) is 0 Å². The van der Waals surface area contributed by atoms with E-state index in [1.807, 2.05) is 6.92 Å². The van der Waals surface area contributed by atoms with Gasteiger partial charge < -0.3 is 5.73 Å². The Morgan fingerprint density at radius 3 is 2.50 bits per heavy atom. The summed E-state index contributed by atoms with van der Waals surface area (Å²) in [6, 6.07) is 7.64. The normalized spacial score (nSPS) is 11.2. The Labute approximate surface area is 132 Å². The summed E-state index contributed by atoms with van der Waals surface area (Å²) in [5, 5.41) is 7.25. The van der Waals surface area contributed by atoms with Crippen LogP contribution in [-0.4, -0.2) is 24.5 Å². The highest BCUT2D eigenvalue weighted by Crippen LogP contribution is 2.19. The number of carbonyl (C=O) groups excluding carboxylic acids is 1. The first kappa shape index (κ1) is 16.2. The summed E-state index contributed by atoms with van der Waals surface area (Å²) in [6.07, 6.45) is -0.159. The van der Waals surface area contributed by atoms with Crippen molar-refractivity contribution in [3.63, 3.8) is 0 Å². The lowest BCUT2D eigenvalue weighted by Gasteiger charge is -2.08. The van der Waals surface area contributed by atoms with Crippen molar-refractivity contribution < 1.29 is 13.2 Å². The molecule has 0 saturated heterocycles. The zero-order valence-electron chi connectivity index (χ0n) is 11.6. The molecule has 0 aliphatic heterocycles. The van der Waals surface area contributed by atoms with Gasteiger partial charge in [0.2, 0.25) is 5.91 Å². The first-order valence-electron chi connectivity index (χ1n) is 6.18. The fourth-order valence-corrected chi connectivity index (χ4v) is 2.84. The van der Waals surface area contributed by atoms with Gasteiger partial charge in [0, 0.05) is 5.56 Å². The molecule has 1 amide bonds. The number of rotatable bonds is 5. The maximum atomic E-state index is 12.2. The van der Waals surface area contributed by atoms with Gasteiger partial charge in [0.05, 0.1) is 11.3 Å². The van der Waals surface area contributed by atoms with Crippen molar-refractivity contribution in [3.05, 3.63) is 46.6 Å². The number of primary amides is 1. The molecule has 2 rings (SSSR count). The van der Waals surface area contributed by atoms with Gasteiger partial charge in [-0.3, -0.25) is 9.52 Å². The smallest absolute Gasteiger partial charge is 0.263 e. The van der Waals surface area contributed by atoms with Gasteiger partial charge in [-0.15, -0.1) is 10.2 Å². The van der Waals surface area contributed by atoms with Gasteiger partial charge in [-0.2, -0.15) is 0 Å². The molecule has 0 aliphatic rings. The predicted molar refractivity (Wildman–Crippen MR) is 81.9 cm³/mol. The van der Waals surface area contributed by atoms with Crippen LogP contribution >= 0.6 is 11.6 Å². The number of anilines is 1. The molecular weight excluding hydrogens is 328 g/mol. The Kier molecular flexibility index (Phi) is 4.62. The zero-order valence-corrected chi connectivity index (χ0v) is 13.1. The minimum Gasteiger partial charge on any atom is -0.369 e. The number of carbonyl (C=O) groups is 1. The molecule has 1 aromatic heterocycles. The summed E-state index contributed by atoms with van der Waals surface area (Å²) < 4.78 is 26.7. The molecule has 0 bridgehead atoms. The number of sulfonamides is 1. The van der Waals surface area contributed by atoms with Gasteiger partial charge in [-0.05, 0) is 25.1 Å². The van der Waals surface area contributed by atoms with Crippen LogP contribution in [0.15, 0.2) is 35.2 Å². The van der Waals surface area contributed by atoms with Crippen LogP contribution in [0.25, 0.3) is 0 Å². The predicted octanol–water partition coefficient (Wildman–Crippen LogP) is 1.27. The lowest BCUT2D eigenvalue weighted by atomic mass is 10.2. The van der Waals surface area contributed by atoms with Gasteiger partial charge in [0.1, 0.15) is 0 Å². The quantitative estimate of drug-likeness (QED) is 0.850. The average molecular weight is 341 g/mol. The first-order valence-corrected chi connectivity index (χ1v) is 8.04. The molecule has 0 fully saturated rings. The van der Waals surface area contributed by atoms with Crippen LogP contribution in [0.3, 0.4) is 0 Å². The number of benzene rings is 1. The number of halogens is 1. The van der Waals surface area contributed by atoms with E-state index < -0.39 is 15.9 Å². The molecule has 22 heavy (non-hydrogen) atoms. The fourth-order valence-electron chi connectivity index (χ4n) is 1.69. The molecule has 0 aliphatic carbocycles. The molecule has 0 atom stereocenters. The molecule has 116 valence electrons. The molecule has 7 nitrogen and oxygen atoms in total. The van der Waals surface area contributed by atoms with Crippen molar-refractivity contribution >= 4 is 33.3 Å². The molecule has 0 spiro atoms. The van der Waals surface area contributed by atoms with Crippen LogP contribution in [-0.2, 0) is 21.2 Å². The maximum Gasteiger partial charge on any atom is 0.263 e. The first-order chi connectivity index (χ1) is 10.3. The average Bonchev–Trinajstić information content (AvgIpc) is 2.42. The number of hydrogen-bond acceptors (Lipinski definition) is 5. The third-order valence-electron chi connectivity index (χ3n) is 2.76. The molecule has 0 radical (unpaired) electrons. The van der Waals surface area contributed by atoms with Crippen LogP contribution in [0, 0.1) is 6.92 Å². The largest absolute Gasteiger partial charge is 0.369 e. The summed E-state index contributed by atoms with van der Waals surface area (Å²) in [4.78, 5) is 11.0. The van der Waals surface area contributed by atoms with Crippen molar-refractivity contribution in [3.8, 4) is 0 Å². The third-order valence-corrected chi connectivity index (χ3v) is 4.45. The Morgan fingerprint density at radius 2 is 1.91 bits per heavy atom. The molecule has 0 saturated carbocycles. The molecule has 2 aromatic rings. The highest BCUT2D eigenvalue weighted by Gasteiger charge is 2.16. The standard InChI is InChI=1S/C13H13ClN4O3S/c1-8-2-4-10(5-3-8)22(20,21)18-12-7-9(6-11(15)19)13(14)17-16-12/h2-5,7H,6H2,1H3,(H2,15,19)(H,16,18). The van der Waals surface area contributed by atoms with Crippen molar-refractivity contribution in [2.24, 2.45) is 5.73 Å². The number of aromatic nitrogens is 2. The number of nitrogens with one attached hydrogen (secondary N) is 1. The molecule has 9 heteroatoms. The zero-order chi connectivity index (χ0) is 16.3. The molecule has 1 heterocycles. The van der Waals surface area contributed by atoms with Gasteiger partial charge in [0.15, 0.2) is 11.0 Å². The van der Waals surface area contributed by atoms with Gasteiger partial charge in [-0.1, -0.05) is 29.3 Å². The molecule has 3 N–H and O–H groups in total. The van der Waals surface area contributed by atoms with E-state index in [9.17, 15) is 13.2 Å². The van der Waals surface area contributed by atoms with Crippen LogP contribution in [0.1, 0.15) is 11.1 Å². The van der Waals surface area contributed by atoms with E-state index >= 15 is 0 Å². The Hall–Kier alpha value is -2.19. The van der Waals surface area contributed by atoms with Crippen LogP contribution < -0.4 is 10.5 Å². The minimum atomic E-state index is -3.80. The second kappa shape index (κ2) is 6.29. The van der Waals surface area contributed by atoms with E-state index in [0.717, 1.165) is 5.56 Å². The number of nitrogens with two attached hydrogens (primary N) is 1. The highest BCUT2D eigenvalue weighted by atomic mass is 35.5. The lowest BCUT2D eigenvalue weighted by Crippen LogP contribution is -2.17. The summed E-state index contributed by atoms with van der Waals surface area (Å²) >= 11 is 5.79. The van der Waals surface area contributed by atoms with E-state index in [2.05, 4.69) is 14.9 Å². The third kappa shape index (κ3) is 3.92. The fraction of sp³-hybridized carbons (Fsp3) is 0.154. The topological polar surface area (TPSA) is 115 Å². The SMILES string of the molecule is Cc1ccc(S(=O)(=O)Nc2cc(CC(N)=O)c(Cl)nn2)cc1. The van der Waals surface area contributed by atoms with Crippen molar-refractivity contribution in [2.45, 2.75) is 18.2 Å². The lowest BCUT2D eigenvalue weighted by molar-refractivity contribution is -0.117. The van der Waals surface area contributed by atoms with E-state index in [1.54, 1.807) is 12.1 Å². The van der Waals surface area contributed by atoms with E-state index in [1.165, 1.54) is 18.2 Å². The number of nitrogens with zero attached hydrogens (tertiary/aromatic N) is 2. The summed E-state index contributed by atoms with van der Waals surface area (Å²) in [7, 11) is -3.80. The molecular formula is C13H13ClN4O3S. The second-order valence-electron chi connectivity index (χ2n) is 4.61. The van der Waals surface area contributed by atoms with Gasteiger partial charge >= 0.3 is 0 Å². The van der Waals surface area contributed by atoms with Crippen LogP contribution in [0.2, 0.25) is 5.15 Å². The van der Waals surface area contributed by atoms with Gasteiger partial charge in [0.25, 0.3) is 10.0 Å². The monoisotopic (exact) mass is 340 g/mol. The van der Waals surface area contributed by atoms with E-state index in [0.29, 0.717) is 5.56 Å². The molecule has 1 aromatic carbocycles. The Balaban J connectivity index is 2.29. The Bertz CT molecular complexity index is 807. The van der Waals surface area contributed by atoms with Crippen molar-refractivity contribution in [2.75, 3.05) is 4.72 Å². The maximum absolute atomic E-state index is 12.2. The second-order valence-corrected chi connectivity index (χ2v) is 6.65. The van der Waals surface area contributed by atoms with Gasteiger partial charge in [-0.25, -0.2) is 8.42 Å². The minimum absolute atomic E-state index is 0.00270. The Morgan fingerprint density at radius 1 is 1.27 bits per heavy atom. The summed E-state index contributed by atoms with van der Waals surface area (Å²) in [5.41, 5.74) is 6.33. The summed E-state index contributed by atoms with van der Waals surface area (Å²) in [6.45, 7) is 1.85. The number of aryl methyl sites for hydroxylation is 1. The molecule has 0 unspecified atom stereocenters. The van der Waals surface area contributed by atoms with Crippen molar-refractivity contribution in [1.82, 2.24) is 10.2 Å². The number of hydrogen-bond donors (Lipinski definition) is 2. The van der Waals surface area contributed by atoms with Crippen LogP contribution in [0.4, 0.5) is 5.82 Å². The highest BCUT2D eigenvalue weighted by molar-refractivity contribution is 7.92. The van der Waals surface area contributed by atoms with Crippen molar-refractivity contribution in [1.29, 1.82) is 0 Å². The van der Waals surface area contributed by atoms with E-state index in [4.69, 9.17) is 17.3 Å². The summed E-state index contributed by atoms with van der Waals surface area (Å²) in [5.74, 6) is -0.650. The van der Waals surface area contributed by atoms with E-state index in [-0.39, 0.29) is 22.3 Å². The number of amides is 1.